The van der Waals surface area contributed by atoms with Gasteiger partial charge in [-0.15, -0.1) is 0 Å². The highest BCUT2D eigenvalue weighted by Gasteiger charge is 2.29. The second kappa shape index (κ2) is 8.35. The number of amides is 2. The first-order valence-electron chi connectivity index (χ1n) is 9.62. The third-order valence-electron chi connectivity index (χ3n) is 5.14. The second-order valence-electron chi connectivity index (χ2n) is 7.27. The van der Waals surface area contributed by atoms with Crippen LogP contribution in [-0.4, -0.2) is 21.8 Å². The Morgan fingerprint density at radius 3 is 2.65 bits per heavy atom. The highest BCUT2D eigenvalue weighted by molar-refractivity contribution is 6.07. The zero-order chi connectivity index (χ0) is 22.0. The maximum Gasteiger partial charge on any atom is 0.266 e. The maximum atomic E-state index is 13.3. The van der Waals surface area contributed by atoms with E-state index < -0.39 is 5.92 Å². The van der Waals surface area contributed by atoms with Crippen LogP contribution in [0.1, 0.15) is 23.5 Å². The van der Waals surface area contributed by atoms with E-state index in [9.17, 15) is 18.8 Å². The van der Waals surface area contributed by atoms with E-state index in [1.54, 1.807) is 18.2 Å². The van der Waals surface area contributed by atoms with E-state index in [-0.39, 0.29) is 29.6 Å². The van der Waals surface area contributed by atoms with Gasteiger partial charge in [-0.05, 0) is 36.2 Å². The Kier molecular flexibility index (Phi) is 5.44. The van der Waals surface area contributed by atoms with Crippen LogP contribution in [0, 0.1) is 12.7 Å². The molecule has 8 heteroatoms. The van der Waals surface area contributed by atoms with Gasteiger partial charge in [-0.1, -0.05) is 24.3 Å². The number of rotatable bonds is 4. The first-order valence-corrected chi connectivity index (χ1v) is 9.62. The fraction of sp³-hybridized carbons (Fsp3) is 0.130. The summed E-state index contributed by atoms with van der Waals surface area (Å²) < 4.78 is 13.3. The standard InChI is InChI=1S/C23H19FN4O3/c1-13-2-3-15(20-11-25-12-22(30)27-20)8-19(13)28-23(31)18-10-26-21(29)9-17(18)14-4-6-16(24)7-5-14/h2-8,10-12,17H,9H2,1H3,(H,26,29)(H,27,30)(H,28,31)/t17-/m0/s1. The minimum atomic E-state index is -0.493. The van der Waals surface area contributed by atoms with Gasteiger partial charge < -0.3 is 15.6 Å². The molecular formula is C23H19FN4O3. The molecule has 1 aliphatic heterocycles. The Hall–Kier alpha value is -4.07. The quantitative estimate of drug-likeness (QED) is 0.606. The summed E-state index contributed by atoms with van der Waals surface area (Å²) in [5.41, 5.74) is 3.31. The highest BCUT2D eigenvalue weighted by atomic mass is 19.1. The number of benzene rings is 2. The topological polar surface area (TPSA) is 104 Å². The molecule has 0 fully saturated rings. The minimum absolute atomic E-state index is 0.0842. The predicted octanol–water partition coefficient (Wildman–Crippen LogP) is 3.01. The smallest absolute Gasteiger partial charge is 0.266 e. The van der Waals surface area contributed by atoms with Crippen LogP contribution in [0.4, 0.5) is 10.1 Å². The molecule has 31 heavy (non-hydrogen) atoms. The third kappa shape index (κ3) is 4.42. The molecule has 0 saturated heterocycles. The number of halogens is 1. The van der Waals surface area contributed by atoms with E-state index in [1.807, 2.05) is 19.1 Å². The fourth-order valence-corrected chi connectivity index (χ4v) is 3.47. The molecule has 0 aliphatic carbocycles. The van der Waals surface area contributed by atoms with E-state index in [4.69, 9.17) is 0 Å². The molecule has 0 bridgehead atoms. The summed E-state index contributed by atoms with van der Waals surface area (Å²) in [6.07, 6.45) is 4.19. The maximum absolute atomic E-state index is 13.3. The lowest BCUT2D eigenvalue weighted by atomic mass is 9.86. The van der Waals surface area contributed by atoms with Crippen molar-refractivity contribution in [3.05, 3.63) is 93.9 Å². The van der Waals surface area contributed by atoms with Crippen molar-refractivity contribution in [1.29, 1.82) is 0 Å². The van der Waals surface area contributed by atoms with Gasteiger partial charge in [0.2, 0.25) is 5.91 Å². The highest BCUT2D eigenvalue weighted by Crippen LogP contribution is 2.32. The Labute approximate surface area is 177 Å². The molecule has 1 aliphatic rings. The SMILES string of the molecule is Cc1ccc(-c2cncc(=O)[nH]2)cc1NC(=O)C1=CNC(=O)C[C@H]1c1ccc(F)cc1. The Balaban J connectivity index is 1.63. The summed E-state index contributed by atoms with van der Waals surface area (Å²) in [5, 5.41) is 5.47. The average Bonchev–Trinajstić information content (AvgIpc) is 2.75. The summed E-state index contributed by atoms with van der Waals surface area (Å²) in [6, 6.07) is 11.1. The zero-order valence-electron chi connectivity index (χ0n) is 16.6. The molecule has 1 atom stereocenters. The number of nitrogens with zero attached hydrogens (tertiary/aromatic N) is 1. The van der Waals surface area contributed by atoms with Crippen molar-refractivity contribution in [2.75, 3.05) is 5.32 Å². The number of hydrogen-bond acceptors (Lipinski definition) is 4. The van der Waals surface area contributed by atoms with Crippen LogP contribution >= 0.6 is 0 Å². The minimum Gasteiger partial charge on any atom is -0.332 e. The zero-order valence-corrected chi connectivity index (χ0v) is 16.6. The molecule has 3 N–H and O–H groups in total. The van der Waals surface area contributed by atoms with Gasteiger partial charge in [0, 0.05) is 35.4 Å². The molecule has 3 aromatic rings. The molecular weight excluding hydrogens is 399 g/mol. The van der Waals surface area contributed by atoms with E-state index in [0.29, 0.717) is 28.1 Å². The molecule has 2 heterocycles. The molecule has 156 valence electrons. The normalized spacial score (nSPS) is 15.7. The summed E-state index contributed by atoms with van der Waals surface area (Å²) in [7, 11) is 0. The van der Waals surface area contributed by atoms with E-state index >= 15 is 0 Å². The van der Waals surface area contributed by atoms with Crippen LogP contribution in [0.15, 0.2) is 71.4 Å². The van der Waals surface area contributed by atoms with Gasteiger partial charge in [-0.25, -0.2) is 4.39 Å². The van der Waals surface area contributed by atoms with Crippen molar-refractivity contribution < 1.29 is 14.0 Å². The summed E-state index contributed by atoms with van der Waals surface area (Å²) in [5.74, 6) is -1.48. The lowest BCUT2D eigenvalue weighted by Crippen LogP contribution is -2.32. The molecule has 0 spiro atoms. The summed E-state index contributed by atoms with van der Waals surface area (Å²) in [4.78, 5) is 43.2. The lowest BCUT2D eigenvalue weighted by Gasteiger charge is -2.24. The predicted molar refractivity (Wildman–Crippen MR) is 114 cm³/mol. The molecule has 7 nitrogen and oxygen atoms in total. The van der Waals surface area contributed by atoms with E-state index in [1.165, 1.54) is 30.7 Å². The summed E-state index contributed by atoms with van der Waals surface area (Å²) in [6.45, 7) is 1.85. The second-order valence-corrected chi connectivity index (χ2v) is 7.27. The average molecular weight is 418 g/mol. The van der Waals surface area contributed by atoms with Gasteiger partial charge >= 0.3 is 0 Å². The third-order valence-corrected chi connectivity index (χ3v) is 5.14. The van der Waals surface area contributed by atoms with Crippen molar-refractivity contribution >= 4 is 17.5 Å². The number of carbonyl (C=O) groups is 2. The number of carbonyl (C=O) groups excluding carboxylic acids is 2. The van der Waals surface area contributed by atoms with Crippen molar-refractivity contribution in [1.82, 2.24) is 15.3 Å². The van der Waals surface area contributed by atoms with Crippen LogP contribution in [-0.2, 0) is 9.59 Å². The van der Waals surface area contributed by atoms with Crippen LogP contribution in [0.5, 0.6) is 0 Å². The first kappa shape index (κ1) is 20.2. The van der Waals surface area contributed by atoms with E-state index in [0.717, 1.165) is 5.56 Å². The Morgan fingerprint density at radius 2 is 1.90 bits per heavy atom. The molecule has 2 aromatic carbocycles. The molecule has 1 aromatic heterocycles. The van der Waals surface area contributed by atoms with Crippen molar-refractivity contribution in [2.45, 2.75) is 19.3 Å². The van der Waals surface area contributed by atoms with Gasteiger partial charge in [0.15, 0.2) is 0 Å². The molecule has 0 unspecified atom stereocenters. The van der Waals surface area contributed by atoms with Gasteiger partial charge in [0.05, 0.1) is 18.1 Å². The van der Waals surface area contributed by atoms with Crippen molar-refractivity contribution in [3.63, 3.8) is 0 Å². The van der Waals surface area contributed by atoms with Gasteiger partial charge in [0.25, 0.3) is 11.5 Å². The lowest BCUT2D eigenvalue weighted by molar-refractivity contribution is -0.121. The first-order chi connectivity index (χ1) is 14.9. The van der Waals surface area contributed by atoms with Gasteiger partial charge in [-0.2, -0.15) is 0 Å². The summed E-state index contributed by atoms with van der Waals surface area (Å²) >= 11 is 0. The van der Waals surface area contributed by atoms with Crippen molar-refractivity contribution in [2.24, 2.45) is 0 Å². The number of aromatic amines is 1. The molecule has 2 amide bonds. The number of aromatic nitrogens is 2. The fourth-order valence-electron chi connectivity index (χ4n) is 3.47. The Morgan fingerprint density at radius 1 is 1.13 bits per heavy atom. The van der Waals surface area contributed by atoms with Crippen LogP contribution in [0.3, 0.4) is 0 Å². The number of anilines is 1. The monoisotopic (exact) mass is 418 g/mol. The number of aryl methyl sites for hydroxylation is 1. The van der Waals surface area contributed by atoms with Gasteiger partial charge in [-0.3, -0.25) is 19.4 Å². The van der Waals surface area contributed by atoms with E-state index in [2.05, 4.69) is 20.6 Å². The molecule has 0 radical (unpaired) electrons. The largest absolute Gasteiger partial charge is 0.332 e. The number of nitrogens with one attached hydrogen (secondary N) is 3. The molecule has 0 saturated carbocycles. The number of H-pyrrole nitrogens is 1. The molecule has 4 rings (SSSR count). The van der Waals surface area contributed by atoms with Gasteiger partial charge in [0.1, 0.15) is 5.82 Å². The van der Waals surface area contributed by atoms with Crippen LogP contribution in [0.25, 0.3) is 11.3 Å². The van der Waals surface area contributed by atoms with Crippen LogP contribution in [0.2, 0.25) is 0 Å². The number of hydrogen-bond donors (Lipinski definition) is 3. The Bertz CT molecular complexity index is 1250. The van der Waals surface area contributed by atoms with Crippen LogP contribution < -0.4 is 16.2 Å². The van der Waals surface area contributed by atoms with Crippen molar-refractivity contribution in [3.8, 4) is 11.3 Å².